The summed E-state index contributed by atoms with van der Waals surface area (Å²) in [5.41, 5.74) is 0. The highest BCUT2D eigenvalue weighted by Crippen LogP contribution is 2.38. The molecular weight excluding hydrogens is 258 g/mol. The van der Waals surface area contributed by atoms with Crippen LogP contribution in [0.25, 0.3) is 0 Å². The Morgan fingerprint density at radius 1 is 1.64 bits per heavy atom. The zero-order valence-electron chi connectivity index (χ0n) is 8.66. The van der Waals surface area contributed by atoms with Crippen molar-refractivity contribution >= 4 is 27.3 Å². The Hall–Kier alpha value is 0.140. The first kappa shape index (κ1) is 10.7. The summed E-state index contributed by atoms with van der Waals surface area (Å²) in [7, 11) is 2.22. The predicted octanol–water partition coefficient (Wildman–Crippen LogP) is 3.60. The fourth-order valence-corrected chi connectivity index (χ4v) is 3.35. The van der Waals surface area contributed by atoms with Crippen molar-refractivity contribution in [2.75, 3.05) is 13.6 Å². The second-order valence-electron chi connectivity index (χ2n) is 4.40. The predicted molar refractivity (Wildman–Crippen MR) is 65.6 cm³/mol. The fraction of sp³-hybridized carbons (Fsp3) is 0.636. The average Bonchev–Trinajstić information content (AvgIpc) is 2.59. The van der Waals surface area contributed by atoms with Crippen LogP contribution in [0.1, 0.15) is 18.2 Å². The van der Waals surface area contributed by atoms with Crippen LogP contribution in [0.5, 0.6) is 0 Å². The quantitative estimate of drug-likeness (QED) is 0.811. The summed E-state index contributed by atoms with van der Waals surface area (Å²) in [5, 5.41) is 2.16. The van der Waals surface area contributed by atoms with Gasteiger partial charge in [0.05, 0.1) is 0 Å². The lowest BCUT2D eigenvalue weighted by molar-refractivity contribution is 0.310. The second kappa shape index (κ2) is 4.33. The standard InChI is InChI=1S/C11H16BrNS/c1-8-3-9(8)5-13(2)6-11-4-10(12)7-14-11/h4,7-9H,3,5-6H2,1-2H3. The van der Waals surface area contributed by atoms with Crippen molar-refractivity contribution in [2.45, 2.75) is 19.9 Å². The Morgan fingerprint density at radius 3 is 2.86 bits per heavy atom. The molecule has 2 unspecified atom stereocenters. The Morgan fingerprint density at radius 2 is 2.36 bits per heavy atom. The maximum absolute atomic E-state index is 3.49. The lowest BCUT2D eigenvalue weighted by Crippen LogP contribution is -2.20. The minimum Gasteiger partial charge on any atom is -0.301 e. The van der Waals surface area contributed by atoms with Crippen LogP contribution >= 0.6 is 27.3 Å². The molecule has 2 atom stereocenters. The minimum absolute atomic E-state index is 0.961. The van der Waals surface area contributed by atoms with Gasteiger partial charge in [-0.25, -0.2) is 0 Å². The van der Waals surface area contributed by atoms with Crippen molar-refractivity contribution in [2.24, 2.45) is 11.8 Å². The molecule has 1 aromatic heterocycles. The monoisotopic (exact) mass is 273 g/mol. The summed E-state index contributed by atoms with van der Waals surface area (Å²) in [6.07, 6.45) is 1.43. The third-order valence-corrected chi connectivity index (χ3v) is 4.55. The normalized spacial score (nSPS) is 25.7. The molecule has 1 heterocycles. The molecule has 0 spiro atoms. The van der Waals surface area contributed by atoms with Gasteiger partial charge < -0.3 is 4.90 Å². The molecule has 1 nitrogen and oxygen atoms in total. The van der Waals surface area contributed by atoms with Crippen LogP contribution in [0.2, 0.25) is 0 Å². The lowest BCUT2D eigenvalue weighted by atomic mass is 10.3. The smallest absolute Gasteiger partial charge is 0.0325 e. The molecule has 0 aromatic carbocycles. The molecule has 2 rings (SSSR count). The van der Waals surface area contributed by atoms with E-state index in [1.165, 1.54) is 22.3 Å². The van der Waals surface area contributed by atoms with E-state index in [0.29, 0.717) is 0 Å². The largest absolute Gasteiger partial charge is 0.301 e. The zero-order valence-corrected chi connectivity index (χ0v) is 11.1. The molecule has 78 valence electrons. The Bertz CT molecular complexity index is 310. The van der Waals surface area contributed by atoms with Crippen molar-refractivity contribution in [1.82, 2.24) is 4.90 Å². The van der Waals surface area contributed by atoms with E-state index >= 15 is 0 Å². The van der Waals surface area contributed by atoms with Gasteiger partial charge >= 0.3 is 0 Å². The molecule has 0 aliphatic heterocycles. The first-order chi connectivity index (χ1) is 6.65. The van der Waals surface area contributed by atoms with Crippen LogP contribution in [0.4, 0.5) is 0 Å². The third kappa shape index (κ3) is 2.81. The van der Waals surface area contributed by atoms with Gasteiger partial charge in [-0.2, -0.15) is 0 Å². The van der Waals surface area contributed by atoms with E-state index < -0.39 is 0 Å². The van der Waals surface area contributed by atoms with Gasteiger partial charge in [0.2, 0.25) is 0 Å². The van der Waals surface area contributed by atoms with Crippen LogP contribution in [0.15, 0.2) is 15.9 Å². The molecule has 3 heteroatoms. The number of rotatable bonds is 4. The van der Waals surface area contributed by atoms with Crippen molar-refractivity contribution in [1.29, 1.82) is 0 Å². The summed E-state index contributed by atoms with van der Waals surface area (Å²) in [5.74, 6) is 1.93. The van der Waals surface area contributed by atoms with E-state index in [-0.39, 0.29) is 0 Å². The Kier molecular flexibility index (Phi) is 3.30. The van der Waals surface area contributed by atoms with Crippen LogP contribution in [0.3, 0.4) is 0 Å². The molecule has 1 fully saturated rings. The Labute approximate surface area is 98.2 Å². The van der Waals surface area contributed by atoms with Crippen molar-refractivity contribution in [3.8, 4) is 0 Å². The first-order valence-corrected chi connectivity index (χ1v) is 6.74. The minimum atomic E-state index is 0.961. The van der Waals surface area contributed by atoms with Gasteiger partial charge in [0.15, 0.2) is 0 Å². The SMILES string of the molecule is CC1CC1CN(C)Cc1cc(Br)cs1. The van der Waals surface area contributed by atoms with Gasteiger partial charge in [0.25, 0.3) is 0 Å². The van der Waals surface area contributed by atoms with Gasteiger partial charge in [-0.1, -0.05) is 6.92 Å². The summed E-state index contributed by atoms with van der Waals surface area (Å²) in [4.78, 5) is 3.89. The Balaban J connectivity index is 1.79. The van der Waals surface area contributed by atoms with E-state index in [9.17, 15) is 0 Å². The molecule has 1 aliphatic carbocycles. The van der Waals surface area contributed by atoms with Crippen LogP contribution in [-0.2, 0) is 6.54 Å². The van der Waals surface area contributed by atoms with Gasteiger partial charge in [0.1, 0.15) is 0 Å². The number of hydrogen-bond donors (Lipinski definition) is 0. The van der Waals surface area contributed by atoms with Gasteiger partial charge in [-0.15, -0.1) is 11.3 Å². The number of hydrogen-bond acceptors (Lipinski definition) is 2. The summed E-state index contributed by atoms with van der Waals surface area (Å²) in [6, 6.07) is 2.22. The highest BCUT2D eigenvalue weighted by Gasteiger charge is 2.32. The van der Waals surface area contributed by atoms with Crippen molar-refractivity contribution in [3.63, 3.8) is 0 Å². The van der Waals surface area contributed by atoms with E-state index in [1.807, 2.05) is 11.3 Å². The zero-order chi connectivity index (χ0) is 10.1. The summed E-state index contributed by atoms with van der Waals surface area (Å²) < 4.78 is 1.21. The molecule has 0 bridgehead atoms. The molecular formula is C11H16BrNS. The van der Waals surface area contributed by atoms with E-state index in [2.05, 4.69) is 46.2 Å². The fourth-order valence-electron chi connectivity index (χ4n) is 1.82. The molecule has 0 N–H and O–H groups in total. The topological polar surface area (TPSA) is 3.24 Å². The van der Waals surface area contributed by atoms with E-state index in [4.69, 9.17) is 0 Å². The third-order valence-electron chi connectivity index (χ3n) is 2.87. The molecule has 1 aliphatic rings. The molecule has 0 amide bonds. The van der Waals surface area contributed by atoms with Gasteiger partial charge in [0, 0.05) is 27.8 Å². The average molecular weight is 274 g/mol. The highest BCUT2D eigenvalue weighted by atomic mass is 79.9. The molecule has 0 radical (unpaired) electrons. The van der Waals surface area contributed by atoms with E-state index in [1.54, 1.807) is 0 Å². The highest BCUT2D eigenvalue weighted by molar-refractivity contribution is 9.10. The van der Waals surface area contributed by atoms with Gasteiger partial charge in [-0.05, 0) is 47.3 Å². The second-order valence-corrected chi connectivity index (χ2v) is 6.31. The van der Waals surface area contributed by atoms with Crippen molar-refractivity contribution in [3.05, 3.63) is 20.8 Å². The molecule has 1 aromatic rings. The lowest BCUT2D eigenvalue weighted by Gasteiger charge is -2.14. The number of nitrogens with zero attached hydrogens (tertiary/aromatic N) is 1. The maximum atomic E-state index is 3.49. The van der Waals surface area contributed by atoms with Gasteiger partial charge in [-0.3, -0.25) is 0 Å². The van der Waals surface area contributed by atoms with Crippen LogP contribution < -0.4 is 0 Å². The molecule has 0 saturated heterocycles. The van der Waals surface area contributed by atoms with Crippen molar-refractivity contribution < 1.29 is 0 Å². The molecule has 14 heavy (non-hydrogen) atoms. The summed E-state index contributed by atoms with van der Waals surface area (Å²) in [6.45, 7) is 4.70. The summed E-state index contributed by atoms with van der Waals surface area (Å²) >= 11 is 5.32. The van der Waals surface area contributed by atoms with Crippen LogP contribution in [0, 0.1) is 11.8 Å². The molecule has 1 saturated carbocycles. The number of halogens is 1. The maximum Gasteiger partial charge on any atom is 0.0325 e. The first-order valence-electron chi connectivity index (χ1n) is 5.06. The van der Waals surface area contributed by atoms with E-state index in [0.717, 1.165) is 18.4 Å². The van der Waals surface area contributed by atoms with Crippen LogP contribution in [-0.4, -0.2) is 18.5 Å². The number of thiophene rings is 1.